The van der Waals surface area contributed by atoms with E-state index in [1.165, 1.54) is 6.42 Å². The van der Waals surface area contributed by atoms with Gasteiger partial charge in [0.15, 0.2) is 0 Å². The van der Waals surface area contributed by atoms with E-state index >= 15 is 0 Å². The van der Waals surface area contributed by atoms with Gasteiger partial charge < -0.3 is 9.64 Å². The summed E-state index contributed by atoms with van der Waals surface area (Å²) in [6.45, 7) is 8.04. The van der Waals surface area contributed by atoms with Gasteiger partial charge in [-0.2, -0.15) is 0 Å². The maximum absolute atomic E-state index is 11.0. The lowest BCUT2D eigenvalue weighted by atomic mass is 10.1. The molecule has 1 heterocycles. The lowest BCUT2D eigenvalue weighted by molar-refractivity contribution is -0.121. The smallest absolute Gasteiger partial charge is 0.135 e. The molecule has 15 heavy (non-hydrogen) atoms. The molecule has 0 saturated carbocycles. The van der Waals surface area contributed by atoms with E-state index in [0.29, 0.717) is 11.9 Å². The highest BCUT2D eigenvalue weighted by Gasteiger charge is 2.14. The van der Waals surface area contributed by atoms with Gasteiger partial charge in [-0.1, -0.05) is 0 Å². The van der Waals surface area contributed by atoms with E-state index in [1.54, 1.807) is 0 Å². The Morgan fingerprint density at radius 2 is 1.93 bits per heavy atom. The third-order valence-corrected chi connectivity index (χ3v) is 2.73. The van der Waals surface area contributed by atoms with Crippen LogP contribution in [0.1, 0.15) is 39.5 Å². The number of ether oxygens (including phenoxy) is 1. The fourth-order valence-electron chi connectivity index (χ4n) is 1.78. The van der Waals surface area contributed by atoms with Crippen LogP contribution in [-0.4, -0.2) is 43.0 Å². The lowest BCUT2D eigenvalue weighted by Crippen LogP contribution is -2.34. The van der Waals surface area contributed by atoms with Gasteiger partial charge in [-0.25, -0.2) is 0 Å². The Bertz CT molecular complexity index is 182. The Morgan fingerprint density at radius 3 is 2.53 bits per heavy atom. The van der Waals surface area contributed by atoms with Crippen molar-refractivity contribution in [1.29, 1.82) is 0 Å². The molecule has 1 aliphatic heterocycles. The Hall–Kier alpha value is -0.410. The van der Waals surface area contributed by atoms with Gasteiger partial charge >= 0.3 is 0 Å². The minimum Gasteiger partial charge on any atom is -0.379 e. The molecule has 0 atom stereocenters. The molecule has 0 radical (unpaired) electrons. The summed E-state index contributed by atoms with van der Waals surface area (Å²) in [5.41, 5.74) is 0. The summed E-state index contributed by atoms with van der Waals surface area (Å²) < 4.78 is 5.48. The van der Waals surface area contributed by atoms with Crippen molar-refractivity contribution in [2.75, 3.05) is 26.2 Å². The largest absolute Gasteiger partial charge is 0.379 e. The predicted molar refractivity (Wildman–Crippen MR) is 61.0 cm³/mol. The maximum Gasteiger partial charge on any atom is 0.135 e. The first-order chi connectivity index (χ1) is 7.18. The topological polar surface area (TPSA) is 29.5 Å². The van der Waals surface area contributed by atoms with Gasteiger partial charge in [0, 0.05) is 32.5 Å². The van der Waals surface area contributed by atoms with E-state index in [-0.39, 0.29) is 0 Å². The third kappa shape index (κ3) is 5.90. The second-order valence-electron chi connectivity index (χ2n) is 4.51. The number of rotatable bonds is 6. The number of Topliss-reactive ketones (excluding diaryl/α,β-unsaturated/α-hetero) is 1. The van der Waals surface area contributed by atoms with Crippen molar-refractivity contribution in [2.24, 2.45) is 0 Å². The summed E-state index contributed by atoms with van der Waals surface area (Å²) in [6, 6.07) is 0. The van der Waals surface area contributed by atoms with Crippen LogP contribution in [0.5, 0.6) is 0 Å². The molecular weight excluding hydrogens is 190 g/mol. The Morgan fingerprint density at radius 1 is 1.27 bits per heavy atom. The molecule has 0 unspecified atom stereocenters. The molecule has 0 bridgehead atoms. The number of hydrogen-bond donors (Lipinski definition) is 0. The van der Waals surface area contributed by atoms with Gasteiger partial charge in [0.1, 0.15) is 5.78 Å². The highest BCUT2D eigenvalue weighted by molar-refractivity contribution is 5.79. The summed E-state index contributed by atoms with van der Waals surface area (Å²) in [6.07, 6.45) is 4.16. The molecule has 0 N–H and O–H groups in total. The highest BCUT2D eigenvalue weighted by atomic mass is 16.5. The summed E-state index contributed by atoms with van der Waals surface area (Å²) in [5, 5.41) is 0. The van der Waals surface area contributed by atoms with Crippen molar-refractivity contribution in [3.05, 3.63) is 0 Å². The minimum atomic E-state index is 0.345. The molecule has 0 aromatic carbocycles. The number of piperidine rings is 1. The van der Waals surface area contributed by atoms with Crippen LogP contribution in [0.25, 0.3) is 0 Å². The van der Waals surface area contributed by atoms with Crippen molar-refractivity contribution < 1.29 is 9.53 Å². The van der Waals surface area contributed by atoms with Gasteiger partial charge in [-0.15, -0.1) is 0 Å². The molecule has 0 amide bonds. The summed E-state index contributed by atoms with van der Waals surface area (Å²) in [4.78, 5) is 13.4. The second-order valence-corrected chi connectivity index (χ2v) is 4.51. The van der Waals surface area contributed by atoms with E-state index in [1.807, 2.05) is 0 Å². The Kier molecular flexibility index (Phi) is 5.88. The molecule has 0 aromatic rings. The second kappa shape index (κ2) is 6.96. The molecule has 1 saturated heterocycles. The number of ketones is 1. The first-order valence-electron chi connectivity index (χ1n) is 6.04. The number of unbranched alkanes of at least 4 members (excludes halogenated alkanes) is 1. The minimum absolute atomic E-state index is 0.345. The van der Waals surface area contributed by atoms with Gasteiger partial charge in [-0.3, -0.25) is 4.79 Å². The quantitative estimate of drug-likeness (QED) is 0.631. The van der Waals surface area contributed by atoms with E-state index in [4.69, 9.17) is 4.74 Å². The van der Waals surface area contributed by atoms with Crippen LogP contribution in [0, 0.1) is 0 Å². The number of likely N-dealkylation sites (tertiary alicyclic amines) is 1. The zero-order valence-corrected chi connectivity index (χ0v) is 10.00. The van der Waals surface area contributed by atoms with E-state index in [9.17, 15) is 4.79 Å². The first kappa shape index (κ1) is 12.7. The fraction of sp³-hybridized carbons (Fsp3) is 0.917. The van der Waals surface area contributed by atoms with Crippen molar-refractivity contribution in [3.8, 4) is 0 Å². The van der Waals surface area contributed by atoms with E-state index in [0.717, 1.165) is 45.5 Å². The molecule has 1 aliphatic rings. The van der Waals surface area contributed by atoms with Gasteiger partial charge in [0.05, 0.1) is 6.10 Å². The maximum atomic E-state index is 11.0. The molecule has 3 nitrogen and oxygen atoms in total. The average molecular weight is 213 g/mol. The average Bonchev–Trinajstić information content (AvgIpc) is 2.20. The fourth-order valence-corrected chi connectivity index (χ4v) is 1.78. The molecule has 1 rings (SSSR count). The van der Waals surface area contributed by atoms with Crippen molar-refractivity contribution in [2.45, 2.75) is 45.6 Å². The summed E-state index contributed by atoms with van der Waals surface area (Å²) in [5.74, 6) is 0.425. The SMILES string of the molecule is CC(C)OCCCCN1CCC(=O)CC1. The first-order valence-corrected chi connectivity index (χ1v) is 6.04. The van der Waals surface area contributed by atoms with Crippen LogP contribution in [-0.2, 0) is 9.53 Å². The highest BCUT2D eigenvalue weighted by Crippen LogP contribution is 2.06. The number of carbonyl (C=O) groups excluding carboxylic acids is 1. The van der Waals surface area contributed by atoms with Crippen LogP contribution in [0.3, 0.4) is 0 Å². The van der Waals surface area contributed by atoms with Gasteiger partial charge in [0.25, 0.3) is 0 Å². The molecule has 88 valence electrons. The van der Waals surface area contributed by atoms with Gasteiger partial charge in [0.2, 0.25) is 0 Å². The van der Waals surface area contributed by atoms with Crippen LogP contribution >= 0.6 is 0 Å². The lowest BCUT2D eigenvalue weighted by Gasteiger charge is -2.25. The van der Waals surface area contributed by atoms with Crippen LogP contribution < -0.4 is 0 Å². The summed E-state index contributed by atoms with van der Waals surface area (Å²) in [7, 11) is 0. The Labute approximate surface area is 92.8 Å². The van der Waals surface area contributed by atoms with Crippen LogP contribution in [0.15, 0.2) is 0 Å². The van der Waals surface area contributed by atoms with E-state index in [2.05, 4.69) is 18.7 Å². The standard InChI is InChI=1S/C12H23NO2/c1-11(2)15-10-4-3-7-13-8-5-12(14)6-9-13/h11H,3-10H2,1-2H3. The summed E-state index contributed by atoms with van der Waals surface area (Å²) >= 11 is 0. The van der Waals surface area contributed by atoms with Crippen molar-refractivity contribution in [1.82, 2.24) is 4.90 Å². The molecule has 0 aromatic heterocycles. The number of nitrogens with zero attached hydrogens (tertiary/aromatic N) is 1. The van der Waals surface area contributed by atoms with Crippen LogP contribution in [0.4, 0.5) is 0 Å². The van der Waals surface area contributed by atoms with Crippen LogP contribution in [0.2, 0.25) is 0 Å². The molecule has 0 spiro atoms. The number of carbonyl (C=O) groups is 1. The zero-order chi connectivity index (χ0) is 11.1. The predicted octanol–water partition coefficient (Wildman–Crippen LogP) is 1.86. The Balaban J connectivity index is 1.94. The third-order valence-electron chi connectivity index (χ3n) is 2.73. The van der Waals surface area contributed by atoms with Gasteiger partial charge in [-0.05, 0) is 33.2 Å². The van der Waals surface area contributed by atoms with Crippen molar-refractivity contribution in [3.63, 3.8) is 0 Å². The molecule has 3 heteroatoms. The molecule has 1 fully saturated rings. The zero-order valence-electron chi connectivity index (χ0n) is 10.00. The molecule has 0 aliphatic carbocycles. The van der Waals surface area contributed by atoms with E-state index < -0.39 is 0 Å². The normalized spacial score (nSPS) is 18.7. The van der Waals surface area contributed by atoms with Crippen molar-refractivity contribution >= 4 is 5.78 Å². The monoisotopic (exact) mass is 213 g/mol. The molecular formula is C12H23NO2. The number of hydrogen-bond acceptors (Lipinski definition) is 3.